The number of halogens is 3. The number of alkyl halides is 3. The Hall–Kier alpha value is -2.30. The number of aromatic nitrogens is 2. The topological polar surface area (TPSA) is 44.3 Å². The Bertz CT molecular complexity index is 1250. The van der Waals surface area contributed by atoms with Gasteiger partial charge in [-0.25, -0.2) is 9.97 Å². The maximum Gasteiger partial charge on any atom is 0.420 e. The fourth-order valence-electron chi connectivity index (χ4n) is 5.26. The van der Waals surface area contributed by atoms with E-state index in [1.807, 2.05) is 17.7 Å². The Morgan fingerprint density at radius 1 is 1.14 bits per heavy atom. The van der Waals surface area contributed by atoms with E-state index in [0.717, 1.165) is 42.7 Å². The maximum atomic E-state index is 13.7. The molecule has 35 heavy (non-hydrogen) atoms. The molecule has 3 aliphatic rings. The molecule has 10 heteroatoms. The first-order valence-corrected chi connectivity index (χ1v) is 13.9. The number of thioether (sulfide) groups is 1. The highest BCUT2D eigenvalue weighted by molar-refractivity contribution is 7.98. The number of hydrogen-bond donors (Lipinski definition) is 1. The molecule has 1 aliphatic carbocycles. The normalized spacial score (nSPS) is 22.3. The van der Waals surface area contributed by atoms with Crippen molar-refractivity contribution in [3.05, 3.63) is 47.0 Å². The molecule has 1 N–H and O–H groups in total. The monoisotopic (exact) mass is 517 g/mol. The van der Waals surface area contributed by atoms with Crippen molar-refractivity contribution in [1.82, 2.24) is 14.9 Å². The molecular weight excluding hydrogens is 491 g/mol. The van der Waals surface area contributed by atoms with Crippen LogP contribution < -0.4 is 10.2 Å². The summed E-state index contributed by atoms with van der Waals surface area (Å²) in [4.78, 5) is 14.8. The van der Waals surface area contributed by atoms with Gasteiger partial charge in [-0.05, 0) is 68.3 Å². The van der Waals surface area contributed by atoms with Crippen LogP contribution in [-0.2, 0) is 6.18 Å². The van der Waals surface area contributed by atoms with E-state index in [4.69, 9.17) is 0 Å². The Morgan fingerprint density at radius 2 is 1.97 bits per heavy atom. The largest absolute Gasteiger partial charge is 0.420 e. The van der Waals surface area contributed by atoms with Crippen molar-refractivity contribution in [2.24, 2.45) is 0 Å². The van der Waals surface area contributed by atoms with Crippen LogP contribution in [0.25, 0.3) is 10.6 Å². The van der Waals surface area contributed by atoms with Crippen molar-refractivity contribution in [3.63, 3.8) is 0 Å². The number of nitrogens with one attached hydrogen (secondary N) is 1. The Labute approximate surface area is 210 Å². The van der Waals surface area contributed by atoms with Gasteiger partial charge < -0.3 is 10.2 Å². The molecule has 2 unspecified atom stereocenters. The highest BCUT2D eigenvalue weighted by Crippen LogP contribution is 2.46. The standard InChI is InChI=1S/C25H26F3N5S2/c1-32-11-17-7-16(32)12-33(17)15-5-6-21(19(8-15)14-3-4-14)30-24-29-10-20(25(26,27)28)23(31-24)22-9-18(34-2)13-35-22/h5-6,8-10,13-14,16-17H,3-4,7,11-12H2,1-2H3,(H,29,30,31). The van der Waals surface area contributed by atoms with Crippen LogP contribution in [-0.4, -0.2) is 53.3 Å². The molecule has 0 spiro atoms. The molecule has 3 aromatic rings. The van der Waals surface area contributed by atoms with Gasteiger partial charge in [-0.3, -0.25) is 4.90 Å². The number of rotatable bonds is 6. The smallest absolute Gasteiger partial charge is 0.366 e. The number of benzene rings is 1. The van der Waals surface area contributed by atoms with E-state index in [2.05, 4.69) is 44.3 Å². The minimum Gasteiger partial charge on any atom is -0.366 e. The first kappa shape index (κ1) is 23.1. The fraction of sp³-hybridized carbons (Fsp3) is 0.440. The van der Waals surface area contributed by atoms with E-state index in [9.17, 15) is 13.2 Å². The van der Waals surface area contributed by atoms with Crippen molar-refractivity contribution in [2.75, 3.05) is 36.6 Å². The lowest BCUT2D eigenvalue weighted by atomic mass is 10.1. The molecule has 0 amide bonds. The maximum absolute atomic E-state index is 13.7. The molecule has 184 valence electrons. The summed E-state index contributed by atoms with van der Waals surface area (Å²) in [6.07, 6.45) is 1.72. The Kier molecular flexibility index (Phi) is 5.73. The van der Waals surface area contributed by atoms with Crippen LogP contribution in [0.5, 0.6) is 0 Å². The number of fused-ring (bicyclic) bond motifs is 2. The predicted octanol–water partition coefficient (Wildman–Crippen LogP) is 6.46. The summed E-state index contributed by atoms with van der Waals surface area (Å²) in [5, 5.41) is 5.09. The van der Waals surface area contributed by atoms with E-state index >= 15 is 0 Å². The first-order valence-electron chi connectivity index (χ1n) is 11.7. The molecular formula is C25H26F3N5S2. The fourth-order valence-corrected chi connectivity index (χ4v) is 6.88. The van der Waals surface area contributed by atoms with E-state index in [1.165, 1.54) is 40.8 Å². The summed E-state index contributed by atoms with van der Waals surface area (Å²) < 4.78 is 41.2. The van der Waals surface area contributed by atoms with Crippen LogP contribution in [0.15, 0.2) is 40.7 Å². The quantitative estimate of drug-likeness (QED) is 0.379. The van der Waals surface area contributed by atoms with Gasteiger partial charge in [-0.2, -0.15) is 13.2 Å². The van der Waals surface area contributed by atoms with Gasteiger partial charge in [0, 0.05) is 53.0 Å². The van der Waals surface area contributed by atoms with Gasteiger partial charge >= 0.3 is 6.18 Å². The highest BCUT2D eigenvalue weighted by Gasteiger charge is 2.42. The lowest BCUT2D eigenvalue weighted by Crippen LogP contribution is -2.44. The van der Waals surface area contributed by atoms with Gasteiger partial charge in [0.2, 0.25) is 5.95 Å². The lowest BCUT2D eigenvalue weighted by Gasteiger charge is -2.34. The number of hydrogen-bond acceptors (Lipinski definition) is 7. The Balaban J connectivity index is 1.32. The number of anilines is 3. The molecule has 3 fully saturated rings. The molecule has 2 aliphatic heterocycles. The van der Waals surface area contributed by atoms with Crippen molar-refractivity contribution in [3.8, 4) is 10.6 Å². The molecule has 1 saturated carbocycles. The zero-order valence-electron chi connectivity index (χ0n) is 19.5. The van der Waals surface area contributed by atoms with Crippen molar-refractivity contribution >= 4 is 40.4 Å². The van der Waals surface area contributed by atoms with Gasteiger partial charge in [-0.1, -0.05) is 0 Å². The van der Waals surface area contributed by atoms with E-state index in [0.29, 0.717) is 22.9 Å². The average Bonchev–Trinajstić information content (AvgIpc) is 3.25. The van der Waals surface area contributed by atoms with Gasteiger partial charge in [0.15, 0.2) is 0 Å². The molecule has 2 saturated heterocycles. The molecule has 5 nitrogen and oxygen atoms in total. The van der Waals surface area contributed by atoms with Gasteiger partial charge in [-0.15, -0.1) is 23.1 Å². The summed E-state index contributed by atoms with van der Waals surface area (Å²) >= 11 is 2.76. The van der Waals surface area contributed by atoms with E-state index in [1.54, 1.807) is 6.07 Å². The third kappa shape index (κ3) is 4.40. The zero-order valence-corrected chi connectivity index (χ0v) is 21.1. The average molecular weight is 518 g/mol. The second-order valence-electron chi connectivity index (χ2n) is 9.61. The minimum atomic E-state index is -4.53. The van der Waals surface area contributed by atoms with Crippen LogP contribution >= 0.6 is 23.1 Å². The van der Waals surface area contributed by atoms with Crippen LogP contribution in [0.3, 0.4) is 0 Å². The zero-order chi connectivity index (χ0) is 24.3. The molecule has 4 heterocycles. The second kappa shape index (κ2) is 8.67. The number of nitrogens with zero attached hydrogens (tertiary/aromatic N) is 4. The molecule has 0 radical (unpaired) electrons. The number of likely N-dealkylation sites (tertiary alicyclic amines) is 1. The first-order chi connectivity index (χ1) is 16.8. The third-order valence-corrected chi connectivity index (χ3v) is 9.08. The molecule has 6 rings (SSSR count). The predicted molar refractivity (Wildman–Crippen MR) is 136 cm³/mol. The SMILES string of the molecule is CSc1csc(-c2nc(Nc3ccc(N4CC5CC4CN5C)cc3C3CC3)ncc2C(F)(F)F)c1. The van der Waals surface area contributed by atoms with Crippen LogP contribution in [0, 0.1) is 0 Å². The summed E-state index contributed by atoms with van der Waals surface area (Å²) in [6.45, 7) is 2.13. The summed E-state index contributed by atoms with van der Waals surface area (Å²) in [5.74, 6) is 0.652. The highest BCUT2D eigenvalue weighted by atomic mass is 32.2. The van der Waals surface area contributed by atoms with Crippen molar-refractivity contribution < 1.29 is 13.2 Å². The number of thiophene rings is 1. The number of likely N-dealkylation sites (N-methyl/N-ethyl adjacent to an activating group) is 1. The van der Waals surface area contributed by atoms with Crippen LogP contribution in [0.1, 0.15) is 36.3 Å². The van der Waals surface area contributed by atoms with Gasteiger partial charge in [0.25, 0.3) is 0 Å². The molecule has 2 atom stereocenters. The minimum absolute atomic E-state index is 0.0814. The Morgan fingerprint density at radius 3 is 2.60 bits per heavy atom. The molecule has 2 bridgehead atoms. The summed E-state index contributed by atoms with van der Waals surface area (Å²) in [7, 11) is 2.20. The lowest BCUT2D eigenvalue weighted by molar-refractivity contribution is -0.137. The van der Waals surface area contributed by atoms with E-state index < -0.39 is 11.7 Å². The van der Waals surface area contributed by atoms with Crippen molar-refractivity contribution in [1.29, 1.82) is 0 Å². The molecule has 1 aromatic carbocycles. The van der Waals surface area contributed by atoms with Crippen LogP contribution in [0.4, 0.5) is 30.5 Å². The van der Waals surface area contributed by atoms with Crippen LogP contribution in [0.2, 0.25) is 0 Å². The third-order valence-electron chi connectivity index (χ3n) is 7.28. The van der Waals surface area contributed by atoms with Crippen molar-refractivity contribution in [2.45, 2.75) is 48.3 Å². The summed E-state index contributed by atoms with van der Waals surface area (Å²) in [5.41, 5.74) is 2.41. The second-order valence-corrected chi connectivity index (χ2v) is 11.4. The summed E-state index contributed by atoms with van der Waals surface area (Å²) in [6, 6.07) is 9.33. The van der Waals surface area contributed by atoms with Gasteiger partial charge in [0.1, 0.15) is 5.56 Å². The number of piperazine rings is 1. The van der Waals surface area contributed by atoms with Gasteiger partial charge in [0.05, 0.1) is 10.6 Å². The molecule has 2 aromatic heterocycles. The van der Waals surface area contributed by atoms with E-state index in [-0.39, 0.29) is 11.6 Å².